The lowest BCUT2D eigenvalue weighted by Crippen LogP contribution is -2.15. The molecule has 7 heteroatoms. The lowest BCUT2D eigenvalue weighted by atomic mass is 10.3. The van der Waals surface area contributed by atoms with Crippen molar-refractivity contribution in [3.63, 3.8) is 0 Å². The summed E-state index contributed by atoms with van der Waals surface area (Å²) in [6.45, 7) is 0. The molecule has 0 unspecified atom stereocenters. The third kappa shape index (κ3) is 3.70. The zero-order valence-electron chi connectivity index (χ0n) is 12.3. The summed E-state index contributed by atoms with van der Waals surface area (Å²) < 4.78 is 26.8. The lowest BCUT2D eigenvalue weighted by molar-refractivity contribution is 0.102. The summed E-state index contributed by atoms with van der Waals surface area (Å²) in [6.07, 6.45) is 1.37. The molecule has 3 aromatic rings. The SMILES string of the molecule is O=C(Nc1cccc(F)c1)c1ccnc(Nc2ccccc2F)n1. The molecular weight excluding hydrogens is 314 g/mol. The summed E-state index contributed by atoms with van der Waals surface area (Å²) >= 11 is 0. The fourth-order valence-electron chi connectivity index (χ4n) is 1.99. The van der Waals surface area contributed by atoms with E-state index in [4.69, 9.17) is 0 Å². The number of hydrogen-bond donors (Lipinski definition) is 2. The van der Waals surface area contributed by atoms with Crippen molar-refractivity contribution in [2.24, 2.45) is 0 Å². The zero-order chi connectivity index (χ0) is 16.9. The molecule has 0 radical (unpaired) electrons. The number of nitrogens with one attached hydrogen (secondary N) is 2. The highest BCUT2D eigenvalue weighted by Gasteiger charge is 2.10. The molecule has 0 atom stereocenters. The van der Waals surface area contributed by atoms with Crippen LogP contribution in [0, 0.1) is 11.6 Å². The minimum Gasteiger partial charge on any atom is -0.322 e. The second-order valence-corrected chi connectivity index (χ2v) is 4.83. The Balaban J connectivity index is 1.77. The molecule has 1 aromatic heterocycles. The van der Waals surface area contributed by atoms with Gasteiger partial charge in [-0.15, -0.1) is 0 Å². The van der Waals surface area contributed by atoms with Gasteiger partial charge in [0.15, 0.2) is 0 Å². The van der Waals surface area contributed by atoms with Crippen LogP contribution in [0.1, 0.15) is 10.5 Å². The van der Waals surface area contributed by atoms with Gasteiger partial charge in [0.05, 0.1) is 5.69 Å². The van der Waals surface area contributed by atoms with Crippen molar-refractivity contribution in [3.8, 4) is 0 Å². The standard InChI is InChI=1S/C17H12F2N4O/c18-11-4-3-5-12(10-11)21-16(24)15-8-9-20-17(23-15)22-14-7-2-1-6-13(14)19/h1-10H,(H,21,24)(H,20,22,23). The highest BCUT2D eigenvalue weighted by atomic mass is 19.1. The molecule has 0 bridgehead atoms. The van der Waals surface area contributed by atoms with Gasteiger partial charge in [0, 0.05) is 11.9 Å². The van der Waals surface area contributed by atoms with E-state index in [1.54, 1.807) is 18.2 Å². The van der Waals surface area contributed by atoms with Gasteiger partial charge >= 0.3 is 0 Å². The van der Waals surface area contributed by atoms with E-state index >= 15 is 0 Å². The van der Waals surface area contributed by atoms with Crippen LogP contribution in [-0.4, -0.2) is 15.9 Å². The minimum absolute atomic E-state index is 0.0631. The second kappa shape index (κ2) is 6.82. The molecule has 5 nitrogen and oxygen atoms in total. The van der Waals surface area contributed by atoms with Crippen LogP contribution in [0.15, 0.2) is 60.8 Å². The predicted octanol–water partition coefficient (Wildman–Crippen LogP) is 3.75. The van der Waals surface area contributed by atoms with E-state index in [0.717, 1.165) is 0 Å². The van der Waals surface area contributed by atoms with Crippen LogP contribution < -0.4 is 10.6 Å². The quantitative estimate of drug-likeness (QED) is 0.766. The van der Waals surface area contributed by atoms with E-state index in [2.05, 4.69) is 20.6 Å². The Morgan fingerprint density at radius 2 is 1.83 bits per heavy atom. The molecule has 0 aliphatic heterocycles. The Labute approximate surface area is 136 Å². The van der Waals surface area contributed by atoms with Gasteiger partial charge in [-0.05, 0) is 36.4 Å². The van der Waals surface area contributed by atoms with Crippen molar-refractivity contribution in [2.75, 3.05) is 10.6 Å². The first kappa shape index (κ1) is 15.5. The van der Waals surface area contributed by atoms with Gasteiger partial charge in [-0.3, -0.25) is 4.79 Å². The fourth-order valence-corrected chi connectivity index (χ4v) is 1.99. The van der Waals surface area contributed by atoms with Crippen molar-refractivity contribution in [3.05, 3.63) is 78.1 Å². The van der Waals surface area contributed by atoms with Gasteiger partial charge in [0.1, 0.15) is 17.3 Å². The number of benzene rings is 2. The summed E-state index contributed by atoms with van der Waals surface area (Å²) in [7, 11) is 0. The van der Waals surface area contributed by atoms with Crippen molar-refractivity contribution in [1.29, 1.82) is 0 Å². The number of aromatic nitrogens is 2. The number of rotatable bonds is 4. The van der Waals surface area contributed by atoms with Gasteiger partial charge in [-0.2, -0.15) is 0 Å². The number of halogens is 2. The molecule has 1 heterocycles. The Hall–Kier alpha value is -3.35. The normalized spacial score (nSPS) is 10.2. The number of carbonyl (C=O) groups excluding carboxylic acids is 1. The van der Waals surface area contributed by atoms with Crippen molar-refractivity contribution < 1.29 is 13.6 Å². The molecule has 0 aliphatic carbocycles. The van der Waals surface area contributed by atoms with E-state index < -0.39 is 17.5 Å². The Bertz CT molecular complexity index is 886. The van der Waals surface area contributed by atoms with Gasteiger partial charge in [-0.1, -0.05) is 18.2 Å². The average molecular weight is 326 g/mol. The number of para-hydroxylation sites is 1. The second-order valence-electron chi connectivity index (χ2n) is 4.83. The topological polar surface area (TPSA) is 66.9 Å². The maximum atomic E-state index is 13.6. The number of nitrogens with zero attached hydrogens (tertiary/aromatic N) is 2. The van der Waals surface area contributed by atoms with Crippen LogP contribution in [0.25, 0.3) is 0 Å². The van der Waals surface area contributed by atoms with Gasteiger partial charge in [0.2, 0.25) is 5.95 Å². The van der Waals surface area contributed by atoms with Crippen LogP contribution in [0.2, 0.25) is 0 Å². The van der Waals surface area contributed by atoms with E-state index in [9.17, 15) is 13.6 Å². The predicted molar refractivity (Wildman–Crippen MR) is 86.1 cm³/mol. The summed E-state index contributed by atoms with van der Waals surface area (Å²) in [5, 5.41) is 5.23. The maximum absolute atomic E-state index is 13.6. The molecule has 0 saturated heterocycles. The number of anilines is 3. The number of hydrogen-bond acceptors (Lipinski definition) is 4. The molecule has 0 aliphatic rings. The molecule has 3 rings (SSSR count). The average Bonchev–Trinajstić information content (AvgIpc) is 2.57. The molecular formula is C17H12F2N4O. The molecule has 0 saturated carbocycles. The Morgan fingerprint density at radius 3 is 2.62 bits per heavy atom. The highest BCUT2D eigenvalue weighted by molar-refractivity contribution is 6.02. The van der Waals surface area contributed by atoms with Crippen molar-refractivity contribution >= 4 is 23.2 Å². The molecule has 0 spiro atoms. The summed E-state index contributed by atoms with van der Waals surface area (Å²) in [6, 6.07) is 12.9. The third-order valence-electron chi connectivity index (χ3n) is 3.09. The Kier molecular flexibility index (Phi) is 4.42. The number of carbonyl (C=O) groups is 1. The molecule has 2 N–H and O–H groups in total. The highest BCUT2D eigenvalue weighted by Crippen LogP contribution is 2.17. The van der Waals surface area contributed by atoms with Gasteiger partial charge in [-0.25, -0.2) is 18.7 Å². The minimum atomic E-state index is -0.528. The molecule has 2 aromatic carbocycles. The van der Waals surface area contributed by atoms with E-state index in [0.29, 0.717) is 5.69 Å². The first-order valence-electron chi connectivity index (χ1n) is 7.03. The van der Waals surface area contributed by atoms with Crippen LogP contribution in [0.5, 0.6) is 0 Å². The van der Waals surface area contributed by atoms with Crippen molar-refractivity contribution in [1.82, 2.24) is 9.97 Å². The Morgan fingerprint density at radius 1 is 1.00 bits per heavy atom. The van der Waals surface area contributed by atoms with E-state index in [1.165, 1.54) is 42.6 Å². The van der Waals surface area contributed by atoms with Gasteiger partial charge in [0.25, 0.3) is 5.91 Å². The summed E-state index contributed by atoms with van der Waals surface area (Å²) in [5.41, 5.74) is 0.565. The maximum Gasteiger partial charge on any atom is 0.274 e. The third-order valence-corrected chi connectivity index (χ3v) is 3.09. The monoisotopic (exact) mass is 326 g/mol. The first-order chi connectivity index (χ1) is 11.6. The van der Waals surface area contributed by atoms with E-state index in [-0.39, 0.29) is 17.3 Å². The number of amides is 1. The van der Waals surface area contributed by atoms with Crippen LogP contribution >= 0.6 is 0 Å². The van der Waals surface area contributed by atoms with Crippen LogP contribution in [0.3, 0.4) is 0 Å². The first-order valence-corrected chi connectivity index (χ1v) is 7.03. The largest absolute Gasteiger partial charge is 0.322 e. The lowest BCUT2D eigenvalue weighted by Gasteiger charge is -2.08. The zero-order valence-corrected chi connectivity index (χ0v) is 12.3. The van der Waals surface area contributed by atoms with Crippen LogP contribution in [-0.2, 0) is 0 Å². The molecule has 0 fully saturated rings. The molecule has 24 heavy (non-hydrogen) atoms. The fraction of sp³-hybridized carbons (Fsp3) is 0. The summed E-state index contributed by atoms with van der Waals surface area (Å²) in [5.74, 6) is -1.38. The van der Waals surface area contributed by atoms with Gasteiger partial charge < -0.3 is 10.6 Å². The van der Waals surface area contributed by atoms with E-state index in [1.807, 2.05) is 0 Å². The molecule has 120 valence electrons. The smallest absolute Gasteiger partial charge is 0.274 e. The van der Waals surface area contributed by atoms with Crippen LogP contribution in [0.4, 0.5) is 26.1 Å². The van der Waals surface area contributed by atoms with Crippen molar-refractivity contribution in [2.45, 2.75) is 0 Å². The molecule has 1 amide bonds. The summed E-state index contributed by atoms with van der Waals surface area (Å²) in [4.78, 5) is 20.2.